The molecule has 5 heteroatoms. The lowest BCUT2D eigenvalue weighted by Crippen LogP contribution is -2.44. The zero-order chi connectivity index (χ0) is 10.9. The van der Waals surface area contributed by atoms with Crippen molar-refractivity contribution >= 4 is 8.80 Å². The van der Waals surface area contributed by atoms with Crippen LogP contribution in [0.5, 0.6) is 0 Å². The SMILES string of the molecule is CCO[Si](CCCCN)(OC)OCC. The molecule has 0 aliphatic heterocycles. The van der Waals surface area contributed by atoms with Gasteiger partial charge in [-0.3, -0.25) is 0 Å². The molecule has 0 atom stereocenters. The summed E-state index contributed by atoms with van der Waals surface area (Å²) < 4.78 is 16.7. The lowest BCUT2D eigenvalue weighted by molar-refractivity contribution is 0.0860. The summed E-state index contributed by atoms with van der Waals surface area (Å²) >= 11 is 0. The molecule has 0 radical (unpaired) electrons. The highest BCUT2D eigenvalue weighted by molar-refractivity contribution is 6.60. The first kappa shape index (κ1) is 14.1. The maximum absolute atomic E-state index is 5.62. The molecule has 86 valence electrons. The maximum Gasteiger partial charge on any atom is 0.500 e. The molecule has 0 bridgehead atoms. The summed E-state index contributed by atoms with van der Waals surface area (Å²) in [5.41, 5.74) is 5.44. The number of nitrogens with two attached hydrogens (primary N) is 1. The summed E-state index contributed by atoms with van der Waals surface area (Å²) in [4.78, 5) is 0. The summed E-state index contributed by atoms with van der Waals surface area (Å²) in [5, 5.41) is 0. The Hall–Kier alpha value is 0.0569. The van der Waals surface area contributed by atoms with Crippen LogP contribution in [-0.2, 0) is 13.3 Å². The molecule has 0 aromatic heterocycles. The summed E-state index contributed by atoms with van der Waals surface area (Å²) in [6, 6.07) is 0.863. The molecule has 0 saturated heterocycles. The van der Waals surface area contributed by atoms with Crippen molar-refractivity contribution in [2.45, 2.75) is 32.7 Å². The van der Waals surface area contributed by atoms with E-state index in [1.54, 1.807) is 7.11 Å². The van der Waals surface area contributed by atoms with Crippen molar-refractivity contribution in [3.8, 4) is 0 Å². The first-order valence-electron chi connectivity index (χ1n) is 5.27. The van der Waals surface area contributed by atoms with Crippen LogP contribution in [0.2, 0.25) is 6.04 Å². The van der Waals surface area contributed by atoms with Gasteiger partial charge in [-0.05, 0) is 33.2 Å². The number of rotatable bonds is 9. The van der Waals surface area contributed by atoms with Gasteiger partial charge in [-0.1, -0.05) is 0 Å². The minimum absolute atomic E-state index is 0.642. The van der Waals surface area contributed by atoms with Gasteiger partial charge in [-0.25, -0.2) is 0 Å². The minimum Gasteiger partial charge on any atom is -0.377 e. The van der Waals surface area contributed by atoms with E-state index in [4.69, 9.17) is 19.0 Å². The largest absolute Gasteiger partial charge is 0.500 e. The molecule has 0 heterocycles. The van der Waals surface area contributed by atoms with Crippen molar-refractivity contribution in [3.63, 3.8) is 0 Å². The Morgan fingerprint density at radius 2 is 1.64 bits per heavy atom. The van der Waals surface area contributed by atoms with E-state index in [0.717, 1.165) is 18.9 Å². The molecule has 0 aromatic rings. The highest BCUT2D eigenvalue weighted by Crippen LogP contribution is 2.17. The van der Waals surface area contributed by atoms with Gasteiger partial charge in [0, 0.05) is 26.4 Å². The van der Waals surface area contributed by atoms with Gasteiger partial charge in [0.2, 0.25) is 0 Å². The third kappa shape index (κ3) is 5.07. The van der Waals surface area contributed by atoms with Gasteiger partial charge in [0.15, 0.2) is 0 Å². The van der Waals surface area contributed by atoms with Crippen LogP contribution in [0.4, 0.5) is 0 Å². The fourth-order valence-electron chi connectivity index (χ4n) is 1.33. The van der Waals surface area contributed by atoms with E-state index in [0.29, 0.717) is 19.8 Å². The van der Waals surface area contributed by atoms with Crippen molar-refractivity contribution in [1.29, 1.82) is 0 Å². The second-order valence-corrected chi connectivity index (χ2v) is 5.85. The van der Waals surface area contributed by atoms with E-state index in [2.05, 4.69) is 0 Å². The highest BCUT2D eigenvalue weighted by Gasteiger charge is 2.38. The van der Waals surface area contributed by atoms with Gasteiger partial charge in [-0.2, -0.15) is 0 Å². The second-order valence-electron chi connectivity index (χ2n) is 3.00. The predicted molar refractivity (Wildman–Crippen MR) is 59.1 cm³/mol. The van der Waals surface area contributed by atoms with Crippen LogP contribution in [0.3, 0.4) is 0 Å². The molecule has 0 spiro atoms. The van der Waals surface area contributed by atoms with E-state index in [1.807, 2.05) is 13.8 Å². The van der Waals surface area contributed by atoms with Crippen LogP contribution in [0.25, 0.3) is 0 Å². The van der Waals surface area contributed by atoms with Crippen LogP contribution in [0, 0.1) is 0 Å². The molecule has 0 aliphatic carbocycles. The van der Waals surface area contributed by atoms with Crippen molar-refractivity contribution < 1.29 is 13.3 Å². The Morgan fingerprint density at radius 1 is 1.07 bits per heavy atom. The Balaban J connectivity index is 4.03. The lowest BCUT2D eigenvalue weighted by atomic mass is 10.3. The average Bonchev–Trinajstić information content (AvgIpc) is 2.19. The van der Waals surface area contributed by atoms with Gasteiger partial charge in [-0.15, -0.1) is 0 Å². The quantitative estimate of drug-likeness (QED) is 0.472. The summed E-state index contributed by atoms with van der Waals surface area (Å²) in [6.07, 6.45) is 2.01. The van der Waals surface area contributed by atoms with E-state index in [9.17, 15) is 0 Å². The molecule has 0 aliphatic rings. The highest BCUT2D eigenvalue weighted by atomic mass is 28.4. The molecule has 4 nitrogen and oxygen atoms in total. The summed E-state index contributed by atoms with van der Waals surface area (Å²) in [5.74, 6) is 0. The zero-order valence-corrected chi connectivity index (χ0v) is 10.5. The van der Waals surface area contributed by atoms with Gasteiger partial charge >= 0.3 is 8.80 Å². The molecular weight excluding hydrogens is 198 g/mol. The third-order valence-electron chi connectivity index (χ3n) is 1.98. The Morgan fingerprint density at radius 3 is 2.00 bits per heavy atom. The van der Waals surface area contributed by atoms with Crippen LogP contribution >= 0.6 is 0 Å². The predicted octanol–water partition coefficient (Wildman–Crippen LogP) is 1.38. The van der Waals surface area contributed by atoms with E-state index in [1.165, 1.54) is 0 Å². The van der Waals surface area contributed by atoms with E-state index >= 15 is 0 Å². The molecule has 0 aromatic carbocycles. The first-order valence-corrected chi connectivity index (χ1v) is 7.21. The van der Waals surface area contributed by atoms with Crippen molar-refractivity contribution in [3.05, 3.63) is 0 Å². The second kappa shape index (κ2) is 8.37. The molecule has 0 amide bonds. The number of hydrogen-bond donors (Lipinski definition) is 1. The normalized spacial score (nSPS) is 12.0. The maximum atomic E-state index is 5.62. The van der Waals surface area contributed by atoms with Gasteiger partial charge in [0.25, 0.3) is 0 Å². The molecule has 2 N–H and O–H groups in total. The van der Waals surface area contributed by atoms with E-state index in [-0.39, 0.29) is 0 Å². The number of hydrogen-bond acceptors (Lipinski definition) is 4. The molecular formula is C9H23NO3Si. The zero-order valence-electron chi connectivity index (χ0n) is 9.54. The van der Waals surface area contributed by atoms with Gasteiger partial charge < -0.3 is 19.0 Å². The fraction of sp³-hybridized carbons (Fsp3) is 1.00. The lowest BCUT2D eigenvalue weighted by Gasteiger charge is -2.27. The molecule has 0 unspecified atom stereocenters. The Bertz CT molecular complexity index is 129. The minimum atomic E-state index is -2.36. The molecule has 0 rings (SSSR count). The third-order valence-corrected chi connectivity index (χ3v) is 5.02. The van der Waals surface area contributed by atoms with Crippen LogP contribution < -0.4 is 5.73 Å². The Labute approximate surface area is 88.1 Å². The fourth-order valence-corrected chi connectivity index (χ4v) is 3.71. The topological polar surface area (TPSA) is 53.7 Å². The van der Waals surface area contributed by atoms with Gasteiger partial charge in [0.1, 0.15) is 0 Å². The Kier molecular flexibility index (Phi) is 8.41. The van der Waals surface area contributed by atoms with Gasteiger partial charge in [0.05, 0.1) is 0 Å². The standard InChI is InChI=1S/C9H23NO3Si/c1-4-12-14(11-3,13-5-2)9-7-6-8-10/h4-10H2,1-3H3. The smallest absolute Gasteiger partial charge is 0.377 e. The van der Waals surface area contributed by atoms with Crippen molar-refractivity contribution in [1.82, 2.24) is 0 Å². The molecule has 14 heavy (non-hydrogen) atoms. The van der Waals surface area contributed by atoms with Crippen molar-refractivity contribution in [2.24, 2.45) is 5.73 Å². The van der Waals surface area contributed by atoms with E-state index < -0.39 is 8.80 Å². The monoisotopic (exact) mass is 221 g/mol. The van der Waals surface area contributed by atoms with Crippen LogP contribution in [0.1, 0.15) is 26.7 Å². The molecule has 0 fully saturated rings. The average molecular weight is 221 g/mol. The molecule has 0 saturated carbocycles. The summed E-state index contributed by atoms with van der Waals surface area (Å²) in [6.45, 7) is 5.92. The van der Waals surface area contributed by atoms with Crippen molar-refractivity contribution in [2.75, 3.05) is 26.9 Å². The van der Waals surface area contributed by atoms with Crippen LogP contribution in [-0.4, -0.2) is 35.7 Å². The van der Waals surface area contributed by atoms with Crippen LogP contribution in [0.15, 0.2) is 0 Å². The number of unbranched alkanes of at least 4 members (excludes halogenated alkanes) is 1. The summed E-state index contributed by atoms with van der Waals surface area (Å²) in [7, 11) is -0.696. The first-order chi connectivity index (χ1) is 6.74.